The van der Waals surface area contributed by atoms with Crippen LogP contribution in [-0.4, -0.2) is 13.4 Å². The number of nitrogens with zero attached hydrogens (tertiary/aromatic N) is 1. The summed E-state index contributed by atoms with van der Waals surface area (Å²) in [5, 5.41) is 0. The van der Waals surface area contributed by atoms with E-state index in [0.717, 1.165) is 11.1 Å². The molecule has 23 heavy (non-hydrogen) atoms. The molecule has 1 aromatic carbocycles. The molecule has 0 unspecified atom stereocenters. The minimum Gasteiger partial charge on any atom is -0.264 e. The lowest BCUT2D eigenvalue weighted by molar-refractivity contribution is 0.470. The zero-order chi connectivity index (χ0) is 17.3. The SMILES string of the molecule is CC(C)(C)c1ccc(S(=O)(=O)NC(C)(C)c2cccnc2)cc1. The normalized spacial score (nSPS) is 13.1. The van der Waals surface area contributed by atoms with Crippen LogP contribution in [0.2, 0.25) is 0 Å². The first-order valence-corrected chi connectivity index (χ1v) is 9.06. The average Bonchev–Trinajstić information content (AvgIpc) is 2.46. The van der Waals surface area contributed by atoms with Gasteiger partial charge in [-0.05, 0) is 48.6 Å². The molecule has 0 fully saturated rings. The van der Waals surface area contributed by atoms with Gasteiger partial charge in [0, 0.05) is 12.4 Å². The minimum atomic E-state index is -3.61. The van der Waals surface area contributed by atoms with Crippen LogP contribution in [0.4, 0.5) is 0 Å². The van der Waals surface area contributed by atoms with Crippen molar-refractivity contribution in [2.75, 3.05) is 0 Å². The largest absolute Gasteiger partial charge is 0.264 e. The van der Waals surface area contributed by atoms with Gasteiger partial charge >= 0.3 is 0 Å². The summed E-state index contributed by atoms with van der Waals surface area (Å²) >= 11 is 0. The Kier molecular flexibility index (Phi) is 4.64. The van der Waals surface area contributed by atoms with Crippen molar-refractivity contribution in [1.82, 2.24) is 9.71 Å². The topological polar surface area (TPSA) is 59.1 Å². The quantitative estimate of drug-likeness (QED) is 0.931. The standard InChI is InChI=1S/C18H24N2O2S/c1-17(2,3)14-8-10-16(11-9-14)23(21,22)20-18(4,5)15-7-6-12-19-13-15/h6-13,20H,1-5H3. The van der Waals surface area contributed by atoms with E-state index < -0.39 is 15.6 Å². The summed E-state index contributed by atoms with van der Waals surface area (Å²) in [6, 6.07) is 10.7. The fourth-order valence-electron chi connectivity index (χ4n) is 2.32. The molecule has 2 aromatic rings. The van der Waals surface area contributed by atoms with E-state index in [9.17, 15) is 8.42 Å². The van der Waals surface area contributed by atoms with Crippen molar-refractivity contribution in [3.63, 3.8) is 0 Å². The molecule has 1 heterocycles. The van der Waals surface area contributed by atoms with Gasteiger partial charge in [0.25, 0.3) is 0 Å². The highest BCUT2D eigenvalue weighted by molar-refractivity contribution is 7.89. The number of aromatic nitrogens is 1. The molecule has 0 bridgehead atoms. The Morgan fingerprint density at radius 1 is 0.913 bits per heavy atom. The van der Waals surface area contributed by atoms with Gasteiger partial charge in [-0.3, -0.25) is 4.98 Å². The number of benzene rings is 1. The third-order valence-electron chi connectivity index (χ3n) is 3.80. The molecule has 0 aliphatic heterocycles. The van der Waals surface area contributed by atoms with Crippen molar-refractivity contribution in [1.29, 1.82) is 0 Å². The molecule has 0 aliphatic carbocycles. The second-order valence-corrected chi connectivity index (χ2v) is 8.93. The Morgan fingerprint density at radius 2 is 1.52 bits per heavy atom. The first-order valence-electron chi connectivity index (χ1n) is 7.57. The number of nitrogens with one attached hydrogen (secondary N) is 1. The molecule has 124 valence electrons. The molecule has 5 heteroatoms. The van der Waals surface area contributed by atoms with Gasteiger partial charge in [-0.15, -0.1) is 0 Å². The summed E-state index contributed by atoms with van der Waals surface area (Å²) in [5.74, 6) is 0. The molecule has 1 N–H and O–H groups in total. The maximum absolute atomic E-state index is 12.7. The van der Waals surface area contributed by atoms with Crippen LogP contribution < -0.4 is 4.72 Å². The third kappa shape index (κ3) is 4.18. The highest BCUT2D eigenvalue weighted by Gasteiger charge is 2.28. The zero-order valence-electron chi connectivity index (χ0n) is 14.3. The Morgan fingerprint density at radius 3 is 2.00 bits per heavy atom. The maximum Gasteiger partial charge on any atom is 0.241 e. The fraction of sp³-hybridized carbons (Fsp3) is 0.389. The van der Waals surface area contributed by atoms with E-state index in [-0.39, 0.29) is 10.3 Å². The van der Waals surface area contributed by atoms with Gasteiger partial charge in [0.15, 0.2) is 0 Å². The van der Waals surface area contributed by atoms with E-state index in [0.29, 0.717) is 0 Å². The average molecular weight is 332 g/mol. The van der Waals surface area contributed by atoms with Crippen molar-refractivity contribution in [2.45, 2.75) is 50.5 Å². The summed E-state index contributed by atoms with van der Waals surface area (Å²) in [5.41, 5.74) is 1.17. The summed E-state index contributed by atoms with van der Waals surface area (Å²) in [6.07, 6.45) is 3.34. The van der Waals surface area contributed by atoms with Crippen LogP contribution in [0.1, 0.15) is 45.7 Å². The first-order chi connectivity index (χ1) is 10.5. The Labute approximate surface area is 139 Å². The smallest absolute Gasteiger partial charge is 0.241 e. The molecule has 4 nitrogen and oxygen atoms in total. The second kappa shape index (κ2) is 6.06. The summed E-state index contributed by atoms with van der Waals surface area (Å²) in [4.78, 5) is 4.32. The van der Waals surface area contributed by atoms with Gasteiger partial charge in [0.1, 0.15) is 0 Å². The monoisotopic (exact) mass is 332 g/mol. The Bertz CT molecular complexity index is 759. The lowest BCUT2D eigenvalue weighted by atomic mass is 9.87. The highest BCUT2D eigenvalue weighted by Crippen LogP contribution is 2.25. The van der Waals surface area contributed by atoms with Gasteiger partial charge in [0.2, 0.25) is 10.0 Å². The molecule has 0 saturated carbocycles. The molecular formula is C18H24N2O2S. The van der Waals surface area contributed by atoms with Crippen LogP contribution in [0.5, 0.6) is 0 Å². The van der Waals surface area contributed by atoms with E-state index in [4.69, 9.17) is 0 Å². The fourth-order valence-corrected chi connectivity index (χ4v) is 3.72. The van der Waals surface area contributed by atoms with Gasteiger partial charge < -0.3 is 0 Å². The minimum absolute atomic E-state index is 0.00923. The van der Waals surface area contributed by atoms with Crippen LogP contribution in [-0.2, 0) is 21.0 Å². The van der Waals surface area contributed by atoms with Crippen LogP contribution in [0, 0.1) is 0 Å². The highest BCUT2D eigenvalue weighted by atomic mass is 32.2. The lowest BCUT2D eigenvalue weighted by Gasteiger charge is -2.26. The van der Waals surface area contributed by atoms with Crippen LogP contribution >= 0.6 is 0 Å². The van der Waals surface area contributed by atoms with Crippen molar-refractivity contribution in [3.8, 4) is 0 Å². The summed E-state index contributed by atoms with van der Waals surface area (Å²) in [6.45, 7) is 9.94. The third-order valence-corrected chi connectivity index (χ3v) is 5.48. The number of hydrogen-bond acceptors (Lipinski definition) is 3. The molecule has 2 rings (SSSR count). The van der Waals surface area contributed by atoms with Gasteiger partial charge in [-0.1, -0.05) is 39.0 Å². The van der Waals surface area contributed by atoms with Gasteiger partial charge in [-0.25, -0.2) is 13.1 Å². The predicted molar refractivity (Wildman–Crippen MR) is 92.7 cm³/mol. The van der Waals surface area contributed by atoms with E-state index in [1.165, 1.54) is 0 Å². The van der Waals surface area contributed by atoms with E-state index in [1.807, 2.05) is 32.0 Å². The summed E-state index contributed by atoms with van der Waals surface area (Å²) < 4.78 is 28.1. The van der Waals surface area contributed by atoms with Crippen molar-refractivity contribution >= 4 is 10.0 Å². The molecule has 0 aliphatic rings. The number of rotatable bonds is 4. The van der Waals surface area contributed by atoms with Crippen molar-refractivity contribution in [2.24, 2.45) is 0 Å². The second-order valence-electron chi connectivity index (χ2n) is 7.25. The maximum atomic E-state index is 12.7. The molecular weight excluding hydrogens is 308 g/mol. The zero-order valence-corrected chi connectivity index (χ0v) is 15.1. The molecule has 0 spiro atoms. The van der Waals surface area contributed by atoms with E-state index in [2.05, 4.69) is 30.5 Å². The number of pyridine rings is 1. The van der Waals surface area contributed by atoms with Crippen LogP contribution in [0.25, 0.3) is 0 Å². The van der Waals surface area contributed by atoms with E-state index >= 15 is 0 Å². The van der Waals surface area contributed by atoms with Crippen LogP contribution in [0.15, 0.2) is 53.7 Å². The van der Waals surface area contributed by atoms with Crippen molar-refractivity contribution < 1.29 is 8.42 Å². The van der Waals surface area contributed by atoms with Gasteiger partial charge in [-0.2, -0.15) is 0 Å². The molecule has 0 radical (unpaired) electrons. The molecule has 0 amide bonds. The molecule has 0 saturated heterocycles. The molecule has 1 aromatic heterocycles. The Hall–Kier alpha value is -1.72. The summed E-state index contributed by atoms with van der Waals surface area (Å²) in [7, 11) is -3.61. The first kappa shape index (κ1) is 17.6. The predicted octanol–water partition coefficient (Wildman–Crippen LogP) is 3.59. The van der Waals surface area contributed by atoms with Gasteiger partial charge in [0.05, 0.1) is 10.4 Å². The van der Waals surface area contributed by atoms with Crippen LogP contribution in [0.3, 0.4) is 0 Å². The van der Waals surface area contributed by atoms with E-state index in [1.54, 1.807) is 30.6 Å². The van der Waals surface area contributed by atoms with Crippen molar-refractivity contribution in [3.05, 3.63) is 59.9 Å². The number of sulfonamides is 1. The Balaban J connectivity index is 2.29. The lowest BCUT2D eigenvalue weighted by Crippen LogP contribution is -2.40. The molecule has 0 atom stereocenters. The number of hydrogen-bond donors (Lipinski definition) is 1.